The molecule has 0 atom stereocenters. The fourth-order valence-corrected chi connectivity index (χ4v) is 7.88. The summed E-state index contributed by atoms with van der Waals surface area (Å²) in [6.45, 7) is 19.5. The minimum absolute atomic E-state index is 0. The molecule has 2 saturated heterocycles. The van der Waals surface area contributed by atoms with E-state index in [0.717, 1.165) is 73.2 Å². The lowest BCUT2D eigenvalue weighted by Gasteiger charge is -2.35. The first kappa shape index (κ1) is 40.7. The van der Waals surface area contributed by atoms with Crippen LogP contribution in [0.2, 0.25) is 0 Å². The van der Waals surface area contributed by atoms with E-state index in [9.17, 15) is 14.4 Å². The highest BCUT2D eigenvalue weighted by Crippen LogP contribution is 2.39. The lowest BCUT2D eigenvalue weighted by atomic mass is 10.0. The second-order valence-electron chi connectivity index (χ2n) is 13.7. The number of hydrogen-bond acceptors (Lipinski definition) is 11. The standard InChI is InChI=1S/C22H28N2O4S.C17H20N2O2S.CH4/c1-16-5-6-17(18(13-16)20-19(27-15-25)7-12-29-20)14-23-8-10-24(11-9-23)21(26)28-22(2,3)4;1-13-2-3-14(11-19-7-5-18-6-8-19)15(10-13)17-16(21-12-20)4-9-22-17;/h5-7,12-13,15H,8-11,14H2,1-4H3;2-4,9-10,12,18H,5-8,11H2,1H3;1H4. The summed E-state index contributed by atoms with van der Waals surface area (Å²) in [6.07, 6.45) is -0.248. The van der Waals surface area contributed by atoms with E-state index in [0.29, 0.717) is 37.5 Å². The van der Waals surface area contributed by atoms with Gasteiger partial charge in [-0.05, 0) is 68.6 Å². The summed E-state index contributed by atoms with van der Waals surface area (Å²) in [7, 11) is 0. The van der Waals surface area contributed by atoms with Crippen LogP contribution in [0, 0.1) is 13.8 Å². The molecule has 2 aromatic carbocycles. The maximum atomic E-state index is 12.3. The van der Waals surface area contributed by atoms with Gasteiger partial charge in [0, 0.05) is 76.6 Å². The Kier molecular flexibility index (Phi) is 15.0. The molecule has 0 aliphatic carbocycles. The van der Waals surface area contributed by atoms with E-state index in [1.165, 1.54) is 22.3 Å². The number of ether oxygens (including phenoxy) is 3. The van der Waals surface area contributed by atoms with Crippen molar-refractivity contribution in [1.82, 2.24) is 20.0 Å². The Bertz CT molecular complexity index is 1770. The molecule has 2 aliphatic rings. The molecule has 0 bridgehead atoms. The van der Waals surface area contributed by atoms with Crippen molar-refractivity contribution in [2.24, 2.45) is 0 Å². The van der Waals surface area contributed by atoms with Gasteiger partial charge in [0.25, 0.3) is 12.9 Å². The SMILES string of the molecule is C.Cc1ccc(CN2CCN(C(=O)OC(C)(C)C)CC2)c(-c2sccc2OC=O)c1.Cc1ccc(CN2CCNCC2)c(-c2sccc2OC=O)c1. The molecule has 2 aliphatic heterocycles. The van der Waals surface area contributed by atoms with Gasteiger partial charge in [-0.1, -0.05) is 55.0 Å². The molecule has 6 rings (SSSR count). The summed E-state index contributed by atoms with van der Waals surface area (Å²) in [5.74, 6) is 1.23. The van der Waals surface area contributed by atoms with Crippen LogP contribution in [0.5, 0.6) is 11.5 Å². The zero-order valence-corrected chi connectivity index (χ0v) is 31.7. The highest BCUT2D eigenvalue weighted by atomic mass is 32.1. The van der Waals surface area contributed by atoms with Gasteiger partial charge in [0.15, 0.2) is 0 Å². The third-order valence-electron chi connectivity index (χ3n) is 8.65. The van der Waals surface area contributed by atoms with Crippen LogP contribution in [0.3, 0.4) is 0 Å². The fraction of sp³-hybridized carbons (Fsp3) is 0.425. The first-order valence-electron chi connectivity index (χ1n) is 17.2. The maximum absolute atomic E-state index is 12.3. The van der Waals surface area contributed by atoms with E-state index in [-0.39, 0.29) is 13.5 Å². The van der Waals surface area contributed by atoms with Crippen LogP contribution in [0.15, 0.2) is 59.3 Å². The van der Waals surface area contributed by atoms with Crippen molar-refractivity contribution in [3.05, 3.63) is 81.5 Å². The number of thiophene rings is 2. The number of piperazine rings is 2. The quantitative estimate of drug-likeness (QED) is 0.164. The zero-order valence-electron chi connectivity index (χ0n) is 30.1. The minimum Gasteiger partial charge on any atom is -0.444 e. The van der Waals surface area contributed by atoms with Gasteiger partial charge in [-0.3, -0.25) is 19.4 Å². The second-order valence-corrected chi connectivity index (χ2v) is 15.6. The van der Waals surface area contributed by atoms with E-state index in [4.69, 9.17) is 14.2 Å². The normalized spacial score (nSPS) is 15.1. The van der Waals surface area contributed by atoms with Gasteiger partial charge in [-0.15, -0.1) is 22.7 Å². The van der Waals surface area contributed by atoms with E-state index < -0.39 is 5.60 Å². The molecule has 12 heteroatoms. The number of amides is 1. The van der Waals surface area contributed by atoms with E-state index in [2.05, 4.69) is 65.4 Å². The molecule has 1 N–H and O–H groups in total. The number of carbonyl (C=O) groups is 3. The molecule has 52 heavy (non-hydrogen) atoms. The van der Waals surface area contributed by atoms with Crippen LogP contribution in [-0.2, 0) is 27.4 Å². The molecule has 1 amide bonds. The second kappa shape index (κ2) is 19.1. The van der Waals surface area contributed by atoms with Crippen molar-refractivity contribution < 1.29 is 28.6 Å². The van der Waals surface area contributed by atoms with Crippen molar-refractivity contribution in [3.63, 3.8) is 0 Å². The van der Waals surface area contributed by atoms with Gasteiger partial charge < -0.3 is 24.4 Å². The number of hydrogen-bond donors (Lipinski definition) is 1. The van der Waals surface area contributed by atoms with Gasteiger partial charge >= 0.3 is 6.09 Å². The van der Waals surface area contributed by atoms with E-state index in [1.54, 1.807) is 27.6 Å². The van der Waals surface area contributed by atoms with Crippen LogP contribution < -0.4 is 14.8 Å². The van der Waals surface area contributed by atoms with E-state index in [1.807, 2.05) is 43.7 Å². The minimum atomic E-state index is -0.479. The Balaban J connectivity index is 0.000000236. The summed E-state index contributed by atoms with van der Waals surface area (Å²) in [5, 5.41) is 7.27. The first-order chi connectivity index (χ1) is 24.5. The van der Waals surface area contributed by atoms with Gasteiger partial charge in [-0.2, -0.15) is 0 Å². The average Bonchev–Trinajstić information content (AvgIpc) is 3.77. The smallest absolute Gasteiger partial charge is 0.410 e. The van der Waals surface area contributed by atoms with Crippen LogP contribution in [-0.4, -0.2) is 91.7 Å². The number of rotatable bonds is 10. The summed E-state index contributed by atoms with van der Waals surface area (Å²) >= 11 is 3.18. The lowest BCUT2D eigenvalue weighted by molar-refractivity contribution is -0.121. The van der Waals surface area contributed by atoms with Crippen molar-refractivity contribution in [2.75, 3.05) is 52.4 Å². The molecule has 2 aromatic heterocycles. The molecular formula is C40H52N4O6S2. The summed E-state index contributed by atoms with van der Waals surface area (Å²) in [5.41, 5.74) is 6.61. The van der Waals surface area contributed by atoms with Gasteiger partial charge in [0.2, 0.25) is 0 Å². The topological polar surface area (TPSA) is 101 Å². The largest absolute Gasteiger partial charge is 0.444 e. The summed E-state index contributed by atoms with van der Waals surface area (Å²) in [6, 6.07) is 16.6. The molecule has 280 valence electrons. The molecule has 4 heterocycles. The van der Waals surface area contributed by atoms with E-state index >= 15 is 0 Å². The van der Waals surface area contributed by atoms with Crippen molar-refractivity contribution in [2.45, 2.75) is 60.7 Å². The van der Waals surface area contributed by atoms with Crippen LogP contribution in [0.4, 0.5) is 4.79 Å². The molecule has 0 saturated carbocycles. The molecule has 0 unspecified atom stereocenters. The Morgan fingerprint density at radius 2 is 1.19 bits per heavy atom. The first-order valence-corrected chi connectivity index (χ1v) is 19.0. The predicted molar refractivity (Wildman–Crippen MR) is 210 cm³/mol. The average molecular weight is 749 g/mol. The molecule has 4 aromatic rings. The predicted octanol–water partition coefficient (Wildman–Crippen LogP) is 7.61. The Morgan fingerprint density at radius 3 is 1.63 bits per heavy atom. The third kappa shape index (κ3) is 11.2. The molecular weight excluding hydrogens is 697 g/mol. The molecule has 10 nitrogen and oxygen atoms in total. The fourth-order valence-electron chi connectivity index (χ4n) is 6.12. The lowest BCUT2D eigenvalue weighted by Crippen LogP contribution is -2.49. The number of nitrogens with zero attached hydrogens (tertiary/aromatic N) is 3. The number of aryl methyl sites for hydroxylation is 2. The zero-order chi connectivity index (χ0) is 36.4. The molecule has 0 radical (unpaired) electrons. The van der Waals surface area contributed by atoms with Gasteiger partial charge in [-0.25, -0.2) is 4.79 Å². The van der Waals surface area contributed by atoms with Crippen LogP contribution >= 0.6 is 22.7 Å². The number of benzene rings is 2. The molecule has 2 fully saturated rings. The van der Waals surface area contributed by atoms with Crippen LogP contribution in [0.1, 0.15) is 50.5 Å². The van der Waals surface area contributed by atoms with Crippen molar-refractivity contribution in [3.8, 4) is 32.4 Å². The summed E-state index contributed by atoms with van der Waals surface area (Å²) in [4.78, 5) is 42.3. The number of carbonyl (C=O) groups excluding carboxylic acids is 3. The Labute approximate surface area is 316 Å². The van der Waals surface area contributed by atoms with Crippen LogP contribution in [0.25, 0.3) is 20.9 Å². The monoisotopic (exact) mass is 748 g/mol. The van der Waals surface area contributed by atoms with Gasteiger partial charge in [0.1, 0.15) is 17.1 Å². The summed E-state index contributed by atoms with van der Waals surface area (Å²) < 4.78 is 15.8. The Morgan fingerprint density at radius 1 is 0.731 bits per heavy atom. The highest BCUT2D eigenvalue weighted by molar-refractivity contribution is 7.14. The number of nitrogens with one attached hydrogen (secondary N) is 1. The van der Waals surface area contributed by atoms with Crippen molar-refractivity contribution in [1.29, 1.82) is 0 Å². The maximum Gasteiger partial charge on any atom is 0.410 e. The third-order valence-corrected chi connectivity index (χ3v) is 10.5. The van der Waals surface area contributed by atoms with Crippen molar-refractivity contribution >= 4 is 41.7 Å². The molecule has 0 spiro atoms. The Hall–Kier alpha value is -4.07. The highest BCUT2D eigenvalue weighted by Gasteiger charge is 2.26. The van der Waals surface area contributed by atoms with Gasteiger partial charge in [0.05, 0.1) is 9.75 Å².